The van der Waals surface area contributed by atoms with Crippen molar-refractivity contribution >= 4 is 11.6 Å². The molecule has 5 heteroatoms. The number of carbonyl (C=O) groups excluding carboxylic acids is 1. The first-order valence-corrected chi connectivity index (χ1v) is 9.00. The van der Waals surface area contributed by atoms with Crippen molar-refractivity contribution in [1.29, 1.82) is 0 Å². The van der Waals surface area contributed by atoms with Gasteiger partial charge in [-0.2, -0.15) is 0 Å². The summed E-state index contributed by atoms with van der Waals surface area (Å²) >= 11 is 0. The number of nitrogens with one attached hydrogen (secondary N) is 1. The summed E-state index contributed by atoms with van der Waals surface area (Å²) < 4.78 is 10.6. The lowest BCUT2D eigenvalue weighted by Gasteiger charge is -2.10. The molecule has 0 aliphatic rings. The Kier molecular flexibility index (Phi) is 6.17. The van der Waals surface area contributed by atoms with Gasteiger partial charge in [-0.25, -0.2) is 0 Å². The quantitative estimate of drug-likeness (QED) is 0.638. The lowest BCUT2D eigenvalue weighted by Crippen LogP contribution is -2.11. The minimum Gasteiger partial charge on any atom is -0.507 e. The average molecular weight is 377 g/mol. The van der Waals surface area contributed by atoms with Crippen molar-refractivity contribution in [2.45, 2.75) is 12.8 Å². The Balaban J connectivity index is 1.60. The average Bonchev–Trinajstić information content (AvgIpc) is 2.73. The van der Waals surface area contributed by atoms with E-state index >= 15 is 0 Å². The largest absolute Gasteiger partial charge is 0.507 e. The van der Waals surface area contributed by atoms with Gasteiger partial charge in [0.25, 0.3) is 5.91 Å². The third-order valence-electron chi connectivity index (χ3n) is 4.51. The van der Waals surface area contributed by atoms with Crippen molar-refractivity contribution in [3.8, 4) is 17.2 Å². The third-order valence-corrected chi connectivity index (χ3v) is 4.51. The molecule has 2 N–H and O–H groups in total. The molecule has 3 aromatic rings. The third kappa shape index (κ3) is 4.62. The summed E-state index contributed by atoms with van der Waals surface area (Å²) in [5, 5.41) is 12.6. The molecule has 0 spiro atoms. The molecule has 144 valence electrons. The van der Waals surface area contributed by atoms with Gasteiger partial charge in [-0.3, -0.25) is 4.79 Å². The number of aryl methyl sites for hydroxylation is 2. The van der Waals surface area contributed by atoms with Gasteiger partial charge in [0.15, 0.2) is 11.5 Å². The molecule has 3 rings (SSSR count). The summed E-state index contributed by atoms with van der Waals surface area (Å²) in [6, 6.07) is 20.1. The predicted molar refractivity (Wildman–Crippen MR) is 109 cm³/mol. The molecule has 0 aromatic heterocycles. The molecule has 0 fully saturated rings. The topological polar surface area (TPSA) is 67.8 Å². The molecule has 5 nitrogen and oxygen atoms in total. The molecule has 0 heterocycles. The highest BCUT2D eigenvalue weighted by atomic mass is 16.5. The number of carbonyl (C=O) groups is 1. The number of hydrogen-bond acceptors (Lipinski definition) is 4. The first-order chi connectivity index (χ1) is 13.6. The molecular formula is C23H23NO4. The Labute approximate surface area is 164 Å². The van der Waals surface area contributed by atoms with Crippen LogP contribution in [0.25, 0.3) is 0 Å². The van der Waals surface area contributed by atoms with E-state index < -0.39 is 0 Å². The van der Waals surface area contributed by atoms with E-state index in [1.165, 1.54) is 6.07 Å². The lowest BCUT2D eigenvalue weighted by atomic mass is 10.0. The minimum absolute atomic E-state index is 0.0356. The van der Waals surface area contributed by atoms with Gasteiger partial charge in [0, 0.05) is 5.69 Å². The van der Waals surface area contributed by atoms with Crippen LogP contribution in [0.1, 0.15) is 21.5 Å². The van der Waals surface area contributed by atoms with Gasteiger partial charge in [0.1, 0.15) is 5.75 Å². The summed E-state index contributed by atoms with van der Waals surface area (Å²) in [4.78, 5) is 12.3. The fraction of sp³-hybridized carbons (Fsp3) is 0.174. The molecule has 0 aliphatic carbocycles. The molecule has 0 bridgehead atoms. The number of benzene rings is 3. The zero-order chi connectivity index (χ0) is 19.9. The van der Waals surface area contributed by atoms with Gasteiger partial charge in [-0.15, -0.1) is 0 Å². The number of amides is 1. The zero-order valence-electron chi connectivity index (χ0n) is 15.9. The van der Waals surface area contributed by atoms with Gasteiger partial charge in [-0.1, -0.05) is 30.3 Å². The van der Waals surface area contributed by atoms with E-state index in [2.05, 4.69) is 5.32 Å². The van der Waals surface area contributed by atoms with Gasteiger partial charge in [0.2, 0.25) is 0 Å². The van der Waals surface area contributed by atoms with Crippen LogP contribution < -0.4 is 14.8 Å². The van der Waals surface area contributed by atoms with Crippen LogP contribution in [0.4, 0.5) is 5.69 Å². The van der Waals surface area contributed by atoms with E-state index in [0.717, 1.165) is 35.5 Å². The maximum absolute atomic E-state index is 12.3. The molecule has 28 heavy (non-hydrogen) atoms. The number of ether oxygens (including phenoxy) is 2. The van der Waals surface area contributed by atoms with Crippen molar-refractivity contribution in [3.05, 3.63) is 83.4 Å². The summed E-state index contributed by atoms with van der Waals surface area (Å²) in [6.45, 7) is 0. The first-order valence-electron chi connectivity index (χ1n) is 9.00. The number of methoxy groups -OCH3 is 2. The van der Waals surface area contributed by atoms with Crippen LogP contribution in [0.15, 0.2) is 66.7 Å². The smallest absolute Gasteiger partial charge is 0.259 e. The van der Waals surface area contributed by atoms with E-state index in [9.17, 15) is 9.90 Å². The van der Waals surface area contributed by atoms with E-state index in [-0.39, 0.29) is 17.2 Å². The molecule has 0 saturated carbocycles. The Hall–Kier alpha value is -3.47. The normalized spacial score (nSPS) is 10.4. The van der Waals surface area contributed by atoms with E-state index in [1.54, 1.807) is 32.4 Å². The highest BCUT2D eigenvalue weighted by Crippen LogP contribution is 2.28. The Morgan fingerprint density at radius 1 is 0.857 bits per heavy atom. The van der Waals surface area contributed by atoms with Crippen molar-refractivity contribution in [2.24, 2.45) is 0 Å². The SMILES string of the molecule is COc1ccc(CCc2ccc(NC(=O)c3ccccc3O)cc2)cc1OC. The van der Waals surface area contributed by atoms with Crippen molar-refractivity contribution in [2.75, 3.05) is 19.5 Å². The number of anilines is 1. The standard InChI is InChI=1S/C23H23NO4/c1-27-21-14-11-17(15-22(21)28-2)8-7-16-9-12-18(13-10-16)24-23(26)19-5-3-4-6-20(19)25/h3-6,9-15,25H,7-8H2,1-2H3,(H,24,26). The highest BCUT2D eigenvalue weighted by Gasteiger charge is 2.10. The van der Waals surface area contributed by atoms with Crippen LogP contribution in [-0.4, -0.2) is 25.2 Å². The van der Waals surface area contributed by atoms with Gasteiger partial charge >= 0.3 is 0 Å². The number of phenols is 1. The van der Waals surface area contributed by atoms with Crippen molar-refractivity contribution in [3.63, 3.8) is 0 Å². The fourth-order valence-electron chi connectivity index (χ4n) is 2.94. The number of hydrogen-bond donors (Lipinski definition) is 2. The second-order valence-electron chi connectivity index (χ2n) is 6.36. The molecule has 0 aliphatic heterocycles. The van der Waals surface area contributed by atoms with Gasteiger partial charge in [0.05, 0.1) is 19.8 Å². The van der Waals surface area contributed by atoms with Gasteiger partial charge in [-0.05, 0) is 60.4 Å². The molecular weight excluding hydrogens is 354 g/mol. The highest BCUT2D eigenvalue weighted by molar-refractivity contribution is 6.06. The van der Waals surface area contributed by atoms with Crippen LogP contribution in [0.3, 0.4) is 0 Å². The van der Waals surface area contributed by atoms with Crippen molar-refractivity contribution < 1.29 is 19.4 Å². The van der Waals surface area contributed by atoms with Gasteiger partial charge < -0.3 is 19.9 Å². The fourth-order valence-corrected chi connectivity index (χ4v) is 2.94. The molecule has 0 unspecified atom stereocenters. The van der Waals surface area contributed by atoms with Crippen LogP contribution in [0, 0.1) is 0 Å². The second kappa shape index (κ2) is 8.95. The summed E-state index contributed by atoms with van der Waals surface area (Å²) in [6.07, 6.45) is 1.73. The van der Waals surface area contributed by atoms with Crippen LogP contribution in [0.2, 0.25) is 0 Å². The lowest BCUT2D eigenvalue weighted by molar-refractivity contribution is 0.102. The van der Waals surface area contributed by atoms with Crippen LogP contribution in [-0.2, 0) is 12.8 Å². The maximum atomic E-state index is 12.3. The predicted octanol–water partition coefficient (Wildman–Crippen LogP) is 4.45. The zero-order valence-corrected chi connectivity index (χ0v) is 15.9. The number of phenolic OH excluding ortho intramolecular Hbond substituents is 1. The Bertz CT molecular complexity index is 951. The summed E-state index contributed by atoms with van der Waals surface area (Å²) in [5.41, 5.74) is 3.26. The van der Waals surface area contributed by atoms with Crippen LogP contribution >= 0.6 is 0 Å². The Morgan fingerprint density at radius 2 is 1.50 bits per heavy atom. The first kappa shape index (κ1) is 19.3. The summed E-state index contributed by atoms with van der Waals surface area (Å²) in [7, 11) is 3.25. The second-order valence-corrected chi connectivity index (χ2v) is 6.36. The van der Waals surface area contributed by atoms with E-state index in [4.69, 9.17) is 9.47 Å². The van der Waals surface area contributed by atoms with E-state index in [1.807, 2.05) is 42.5 Å². The molecule has 0 atom stereocenters. The Morgan fingerprint density at radius 3 is 2.18 bits per heavy atom. The van der Waals surface area contributed by atoms with E-state index in [0.29, 0.717) is 5.69 Å². The van der Waals surface area contributed by atoms with Crippen LogP contribution in [0.5, 0.6) is 17.2 Å². The monoisotopic (exact) mass is 377 g/mol. The maximum Gasteiger partial charge on any atom is 0.259 e. The molecule has 0 radical (unpaired) electrons. The summed E-state index contributed by atoms with van der Waals surface area (Å²) in [5.74, 6) is 1.07. The number of rotatable bonds is 7. The minimum atomic E-state index is -0.337. The molecule has 1 amide bonds. The van der Waals surface area contributed by atoms with Crippen molar-refractivity contribution in [1.82, 2.24) is 0 Å². The molecule has 3 aromatic carbocycles. The number of aromatic hydroxyl groups is 1. The molecule has 0 saturated heterocycles. The number of para-hydroxylation sites is 1.